The third-order valence-corrected chi connectivity index (χ3v) is 3.90. The molecule has 1 saturated heterocycles. The van der Waals surface area contributed by atoms with Gasteiger partial charge in [-0.1, -0.05) is 36.4 Å². The molecule has 0 atom stereocenters. The standard InChI is InChI=1S/C18H16N2O3/c21-17-14-4-1-2-5-15(14)19-16(20-17)12-6-8-13(9-7-12)18-22-10-3-11-23-18/h1-2,4-9,18H,3,10-11H2,(H,19,20,21). The Morgan fingerprint density at radius 3 is 2.52 bits per heavy atom. The van der Waals surface area contributed by atoms with E-state index in [9.17, 15) is 4.79 Å². The number of nitrogens with one attached hydrogen (secondary N) is 1. The minimum atomic E-state index is -0.304. The molecule has 1 fully saturated rings. The van der Waals surface area contributed by atoms with Crippen molar-refractivity contribution in [3.8, 4) is 11.4 Å². The molecule has 0 unspecified atom stereocenters. The van der Waals surface area contributed by atoms with Crippen molar-refractivity contribution in [2.45, 2.75) is 12.7 Å². The Labute approximate surface area is 132 Å². The van der Waals surface area contributed by atoms with Gasteiger partial charge in [0.1, 0.15) is 5.82 Å². The number of hydrogen-bond acceptors (Lipinski definition) is 4. The molecule has 0 amide bonds. The largest absolute Gasteiger partial charge is 0.348 e. The molecule has 3 aromatic rings. The first-order valence-electron chi connectivity index (χ1n) is 7.64. The lowest BCUT2D eigenvalue weighted by molar-refractivity contribution is -0.183. The Balaban J connectivity index is 1.69. The van der Waals surface area contributed by atoms with Crippen LogP contribution in [0.15, 0.2) is 53.3 Å². The molecule has 1 N–H and O–H groups in total. The quantitative estimate of drug-likeness (QED) is 0.790. The van der Waals surface area contributed by atoms with E-state index in [0.717, 1.165) is 17.5 Å². The van der Waals surface area contributed by atoms with E-state index in [4.69, 9.17) is 9.47 Å². The fourth-order valence-electron chi connectivity index (χ4n) is 2.70. The fraction of sp³-hybridized carbons (Fsp3) is 0.222. The van der Waals surface area contributed by atoms with Gasteiger partial charge in [0.15, 0.2) is 6.29 Å². The highest BCUT2D eigenvalue weighted by Crippen LogP contribution is 2.25. The number of aromatic nitrogens is 2. The topological polar surface area (TPSA) is 64.2 Å². The van der Waals surface area contributed by atoms with Crippen LogP contribution in [0.5, 0.6) is 0 Å². The van der Waals surface area contributed by atoms with Gasteiger partial charge in [0.2, 0.25) is 0 Å². The van der Waals surface area contributed by atoms with Gasteiger partial charge < -0.3 is 14.5 Å². The molecule has 0 bridgehead atoms. The number of nitrogens with zero attached hydrogens (tertiary/aromatic N) is 1. The number of H-pyrrole nitrogens is 1. The summed E-state index contributed by atoms with van der Waals surface area (Å²) in [7, 11) is 0. The van der Waals surface area contributed by atoms with Crippen LogP contribution in [-0.2, 0) is 9.47 Å². The van der Waals surface area contributed by atoms with Crippen LogP contribution in [-0.4, -0.2) is 23.2 Å². The van der Waals surface area contributed by atoms with Crippen LogP contribution >= 0.6 is 0 Å². The first-order chi connectivity index (χ1) is 11.3. The molecule has 5 nitrogen and oxygen atoms in total. The second-order valence-electron chi connectivity index (χ2n) is 5.48. The van der Waals surface area contributed by atoms with Crippen LogP contribution in [0.4, 0.5) is 0 Å². The maximum absolute atomic E-state index is 12.2. The zero-order valence-corrected chi connectivity index (χ0v) is 12.5. The van der Waals surface area contributed by atoms with Crippen molar-refractivity contribution >= 4 is 10.9 Å². The summed E-state index contributed by atoms with van der Waals surface area (Å²) in [5.41, 5.74) is 2.38. The monoisotopic (exact) mass is 308 g/mol. The second kappa shape index (κ2) is 5.95. The average molecular weight is 308 g/mol. The maximum atomic E-state index is 12.2. The van der Waals surface area contributed by atoms with Crippen LogP contribution in [0.1, 0.15) is 18.3 Å². The number of hydrogen-bond donors (Lipinski definition) is 1. The summed E-state index contributed by atoms with van der Waals surface area (Å²) in [5.74, 6) is 0.561. The zero-order chi connectivity index (χ0) is 15.6. The summed E-state index contributed by atoms with van der Waals surface area (Å²) in [6.45, 7) is 1.43. The van der Waals surface area contributed by atoms with Crippen molar-refractivity contribution in [1.82, 2.24) is 9.97 Å². The number of ether oxygens (including phenoxy) is 2. The van der Waals surface area contributed by atoms with Gasteiger partial charge in [0.25, 0.3) is 5.56 Å². The highest BCUT2D eigenvalue weighted by Gasteiger charge is 2.16. The molecule has 1 aliphatic heterocycles. The Kier molecular flexibility index (Phi) is 3.65. The third-order valence-electron chi connectivity index (χ3n) is 3.90. The van der Waals surface area contributed by atoms with Crippen molar-refractivity contribution in [1.29, 1.82) is 0 Å². The van der Waals surface area contributed by atoms with E-state index in [1.807, 2.05) is 42.5 Å². The Morgan fingerprint density at radius 1 is 1.00 bits per heavy atom. The predicted molar refractivity (Wildman–Crippen MR) is 87.1 cm³/mol. The van der Waals surface area contributed by atoms with Crippen LogP contribution in [0.25, 0.3) is 22.3 Å². The predicted octanol–water partition coefficient (Wildman–Crippen LogP) is 3.03. The summed E-state index contributed by atoms with van der Waals surface area (Å²) >= 11 is 0. The Morgan fingerprint density at radius 2 is 1.74 bits per heavy atom. The molecule has 2 aromatic carbocycles. The highest BCUT2D eigenvalue weighted by molar-refractivity contribution is 5.79. The Bertz CT molecular complexity index is 881. The molecule has 0 spiro atoms. The molecule has 0 aliphatic carbocycles. The van der Waals surface area contributed by atoms with E-state index in [1.54, 1.807) is 6.07 Å². The fourth-order valence-corrected chi connectivity index (χ4v) is 2.70. The van der Waals surface area contributed by atoms with E-state index >= 15 is 0 Å². The number of rotatable bonds is 2. The van der Waals surface area contributed by atoms with Gasteiger partial charge >= 0.3 is 0 Å². The lowest BCUT2D eigenvalue weighted by Crippen LogP contribution is -2.17. The van der Waals surface area contributed by atoms with Crippen molar-refractivity contribution in [2.75, 3.05) is 13.2 Å². The van der Waals surface area contributed by atoms with E-state index in [0.29, 0.717) is 29.9 Å². The van der Waals surface area contributed by atoms with E-state index in [2.05, 4.69) is 9.97 Å². The van der Waals surface area contributed by atoms with Crippen LogP contribution in [0.3, 0.4) is 0 Å². The van der Waals surface area contributed by atoms with Gasteiger partial charge in [-0.05, 0) is 18.6 Å². The van der Waals surface area contributed by atoms with Crippen LogP contribution < -0.4 is 5.56 Å². The van der Waals surface area contributed by atoms with Crippen LogP contribution in [0, 0.1) is 0 Å². The molecular weight excluding hydrogens is 292 g/mol. The van der Waals surface area contributed by atoms with E-state index in [-0.39, 0.29) is 11.8 Å². The lowest BCUT2D eigenvalue weighted by Gasteiger charge is -2.23. The van der Waals surface area contributed by atoms with Gasteiger partial charge in [-0.15, -0.1) is 0 Å². The average Bonchev–Trinajstić information content (AvgIpc) is 2.63. The van der Waals surface area contributed by atoms with Crippen molar-refractivity contribution < 1.29 is 9.47 Å². The molecule has 5 heteroatoms. The maximum Gasteiger partial charge on any atom is 0.259 e. The van der Waals surface area contributed by atoms with E-state index < -0.39 is 0 Å². The highest BCUT2D eigenvalue weighted by atomic mass is 16.7. The van der Waals surface area contributed by atoms with Crippen LogP contribution in [0.2, 0.25) is 0 Å². The van der Waals surface area contributed by atoms with Crippen molar-refractivity contribution in [2.24, 2.45) is 0 Å². The summed E-state index contributed by atoms with van der Waals surface area (Å²) in [6.07, 6.45) is 0.623. The number of fused-ring (bicyclic) bond motifs is 1. The summed E-state index contributed by atoms with van der Waals surface area (Å²) in [5, 5.41) is 0.594. The molecule has 1 aromatic heterocycles. The molecule has 2 heterocycles. The summed E-state index contributed by atoms with van der Waals surface area (Å²) in [6, 6.07) is 15.0. The molecule has 1 aliphatic rings. The minimum absolute atomic E-state index is 0.131. The summed E-state index contributed by atoms with van der Waals surface area (Å²) < 4.78 is 11.2. The Hall–Kier alpha value is -2.50. The molecule has 0 saturated carbocycles. The number of para-hydroxylation sites is 1. The van der Waals surface area contributed by atoms with Gasteiger partial charge in [-0.2, -0.15) is 0 Å². The normalized spacial score (nSPS) is 15.8. The molecule has 0 radical (unpaired) electrons. The molecule has 23 heavy (non-hydrogen) atoms. The summed E-state index contributed by atoms with van der Waals surface area (Å²) in [4.78, 5) is 19.5. The minimum Gasteiger partial charge on any atom is -0.348 e. The second-order valence-corrected chi connectivity index (χ2v) is 5.48. The first-order valence-corrected chi connectivity index (χ1v) is 7.64. The van der Waals surface area contributed by atoms with Gasteiger partial charge in [-0.25, -0.2) is 4.98 Å². The number of aromatic amines is 1. The van der Waals surface area contributed by atoms with E-state index in [1.165, 1.54) is 0 Å². The third kappa shape index (κ3) is 2.76. The lowest BCUT2D eigenvalue weighted by atomic mass is 10.1. The smallest absolute Gasteiger partial charge is 0.259 e. The van der Waals surface area contributed by atoms with Crippen molar-refractivity contribution in [3.05, 3.63) is 64.4 Å². The van der Waals surface area contributed by atoms with Gasteiger partial charge in [-0.3, -0.25) is 4.79 Å². The molecule has 4 rings (SSSR count). The van der Waals surface area contributed by atoms with Gasteiger partial charge in [0.05, 0.1) is 24.1 Å². The molecule has 116 valence electrons. The van der Waals surface area contributed by atoms with Crippen molar-refractivity contribution in [3.63, 3.8) is 0 Å². The zero-order valence-electron chi connectivity index (χ0n) is 12.5. The first kappa shape index (κ1) is 14.1. The number of benzene rings is 2. The molecular formula is C18H16N2O3. The van der Waals surface area contributed by atoms with Gasteiger partial charge in [0, 0.05) is 11.1 Å². The SMILES string of the molecule is O=c1[nH]c(-c2ccc(C3OCCCO3)cc2)nc2ccccc12.